The van der Waals surface area contributed by atoms with Crippen LogP contribution in [0.1, 0.15) is 5.56 Å². The molecule has 3 aromatic rings. The van der Waals surface area contributed by atoms with Crippen LogP contribution in [0.5, 0.6) is 0 Å². The van der Waals surface area contributed by atoms with Gasteiger partial charge in [-0.2, -0.15) is 18.2 Å². The molecule has 1 aromatic carbocycles. The van der Waals surface area contributed by atoms with Gasteiger partial charge in [-0.25, -0.2) is 4.98 Å². The molecule has 8 heteroatoms. The maximum absolute atomic E-state index is 12.7. The highest BCUT2D eigenvalue weighted by Gasteiger charge is 2.30. The first-order valence-corrected chi connectivity index (χ1v) is 6.45. The lowest BCUT2D eigenvalue weighted by Gasteiger charge is -2.06. The first-order valence-electron chi connectivity index (χ1n) is 6.07. The molecule has 0 N–H and O–H groups in total. The molecule has 0 saturated carbocycles. The lowest BCUT2D eigenvalue weighted by atomic mass is 10.1. The van der Waals surface area contributed by atoms with Gasteiger partial charge in [-0.3, -0.25) is 0 Å². The summed E-state index contributed by atoms with van der Waals surface area (Å²) in [6.07, 6.45) is -2.94. The van der Waals surface area contributed by atoms with Gasteiger partial charge in [-0.1, -0.05) is 28.9 Å². The molecule has 0 bridgehead atoms. The Kier molecular flexibility index (Phi) is 3.58. The van der Waals surface area contributed by atoms with Crippen molar-refractivity contribution in [1.29, 1.82) is 0 Å². The van der Waals surface area contributed by atoms with Gasteiger partial charge in [0.2, 0.25) is 5.82 Å². The third-order valence-corrected chi connectivity index (χ3v) is 3.16. The second-order valence-electron chi connectivity index (χ2n) is 4.34. The maximum Gasteiger partial charge on any atom is 0.416 e. The van der Waals surface area contributed by atoms with Crippen molar-refractivity contribution < 1.29 is 17.7 Å². The van der Waals surface area contributed by atoms with Crippen molar-refractivity contribution >= 4 is 11.6 Å². The molecule has 0 unspecified atom stereocenters. The summed E-state index contributed by atoms with van der Waals surface area (Å²) >= 11 is 5.91. The predicted octanol–water partition coefficient (Wildman–Crippen LogP) is 4.47. The Morgan fingerprint density at radius 2 is 1.91 bits per heavy atom. The third-order valence-electron chi connectivity index (χ3n) is 2.86. The van der Waals surface area contributed by atoms with Crippen LogP contribution in [-0.2, 0) is 6.18 Å². The maximum atomic E-state index is 12.7. The Morgan fingerprint density at radius 3 is 2.64 bits per heavy atom. The number of halogens is 4. The smallest absolute Gasteiger partial charge is 0.333 e. The SMILES string of the molecule is FC(F)(F)c1cccc(-c2noc(-c3cccnc3Cl)n2)c1. The predicted molar refractivity (Wildman–Crippen MR) is 73.0 cm³/mol. The van der Waals surface area contributed by atoms with E-state index >= 15 is 0 Å². The van der Waals surface area contributed by atoms with Crippen molar-refractivity contribution in [2.45, 2.75) is 6.18 Å². The standard InChI is InChI=1S/C14H7ClF3N3O/c15-11-10(5-2-6-19-11)13-20-12(21-22-13)8-3-1-4-9(7-8)14(16,17)18/h1-7H. The molecule has 0 aliphatic carbocycles. The van der Waals surface area contributed by atoms with Gasteiger partial charge in [0.15, 0.2) is 0 Å². The molecule has 112 valence electrons. The van der Waals surface area contributed by atoms with E-state index in [0.717, 1.165) is 12.1 Å². The van der Waals surface area contributed by atoms with E-state index in [9.17, 15) is 13.2 Å². The summed E-state index contributed by atoms with van der Waals surface area (Å²) < 4.78 is 43.2. The van der Waals surface area contributed by atoms with Crippen LogP contribution in [-0.4, -0.2) is 15.1 Å². The Bertz CT molecular complexity index is 817. The molecule has 4 nitrogen and oxygen atoms in total. The number of nitrogens with zero attached hydrogens (tertiary/aromatic N) is 3. The molecule has 0 atom stereocenters. The Morgan fingerprint density at radius 1 is 1.09 bits per heavy atom. The average Bonchev–Trinajstić information content (AvgIpc) is 2.97. The van der Waals surface area contributed by atoms with Crippen LogP contribution in [0.2, 0.25) is 5.15 Å². The third kappa shape index (κ3) is 2.80. The number of alkyl halides is 3. The van der Waals surface area contributed by atoms with E-state index in [1.807, 2.05) is 0 Å². The van der Waals surface area contributed by atoms with E-state index in [2.05, 4.69) is 15.1 Å². The number of hydrogen-bond acceptors (Lipinski definition) is 4. The molecule has 0 saturated heterocycles. The lowest BCUT2D eigenvalue weighted by molar-refractivity contribution is -0.137. The van der Waals surface area contributed by atoms with Gasteiger partial charge >= 0.3 is 6.18 Å². The van der Waals surface area contributed by atoms with Crippen LogP contribution in [0.3, 0.4) is 0 Å². The number of aromatic nitrogens is 3. The molecule has 0 radical (unpaired) electrons. The van der Waals surface area contributed by atoms with Gasteiger partial charge in [0, 0.05) is 11.8 Å². The van der Waals surface area contributed by atoms with Gasteiger partial charge in [0.05, 0.1) is 11.1 Å². The van der Waals surface area contributed by atoms with E-state index in [-0.39, 0.29) is 22.4 Å². The summed E-state index contributed by atoms with van der Waals surface area (Å²) in [4.78, 5) is 7.94. The first-order chi connectivity index (χ1) is 10.4. The molecule has 0 aliphatic rings. The fourth-order valence-electron chi connectivity index (χ4n) is 1.83. The van der Waals surface area contributed by atoms with Crippen molar-refractivity contribution in [2.24, 2.45) is 0 Å². The molecular formula is C14H7ClF3N3O. The van der Waals surface area contributed by atoms with E-state index in [1.54, 1.807) is 12.1 Å². The minimum atomic E-state index is -4.44. The minimum absolute atomic E-state index is 0.0426. The van der Waals surface area contributed by atoms with E-state index in [0.29, 0.717) is 5.56 Å². The number of hydrogen-bond donors (Lipinski definition) is 0. The van der Waals surface area contributed by atoms with Crippen molar-refractivity contribution in [1.82, 2.24) is 15.1 Å². The summed E-state index contributed by atoms with van der Waals surface area (Å²) in [5.74, 6) is 0.131. The molecule has 22 heavy (non-hydrogen) atoms. The molecule has 0 fully saturated rings. The monoisotopic (exact) mass is 325 g/mol. The van der Waals surface area contributed by atoms with Gasteiger partial charge in [-0.15, -0.1) is 0 Å². The van der Waals surface area contributed by atoms with Crippen molar-refractivity contribution in [3.05, 3.63) is 53.3 Å². The summed E-state index contributed by atoms with van der Waals surface area (Å²) in [6, 6.07) is 7.94. The zero-order chi connectivity index (χ0) is 15.7. The Hall–Kier alpha value is -2.41. The lowest BCUT2D eigenvalue weighted by Crippen LogP contribution is -2.04. The second-order valence-corrected chi connectivity index (χ2v) is 4.70. The number of pyridine rings is 1. The fourth-order valence-corrected chi connectivity index (χ4v) is 2.03. The van der Waals surface area contributed by atoms with E-state index in [4.69, 9.17) is 16.1 Å². The van der Waals surface area contributed by atoms with Gasteiger partial charge in [0.1, 0.15) is 5.15 Å². The summed E-state index contributed by atoms with van der Waals surface area (Å²) in [6.45, 7) is 0. The largest absolute Gasteiger partial charge is 0.416 e. The van der Waals surface area contributed by atoms with Gasteiger partial charge < -0.3 is 4.52 Å². The second kappa shape index (κ2) is 5.42. The minimum Gasteiger partial charge on any atom is -0.333 e. The molecular weight excluding hydrogens is 319 g/mol. The molecule has 0 spiro atoms. The highest BCUT2D eigenvalue weighted by atomic mass is 35.5. The summed E-state index contributed by atoms with van der Waals surface area (Å²) in [7, 11) is 0. The fraction of sp³-hybridized carbons (Fsp3) is 0.0714. The van der Waals surface area contributed by atoms with Crippen molar-refractivity contribution in [3.8, 4) is 22.8 Å². The summed E-state index contributed by atoms with van der Waals surface area (Å²) in [5.41, 5.74) is -0.171. The molecule has 2 aromatic heterocycles. The zero-order valence-electron chi connectivity index (χ0n) is 10.8. The molecule has 2 heterocycles. The zero-order valence-corrected chi connectivity index (χ0v) is 11.6. The van der Waals surface area contributed by atoms with Gasteiger partial charge in [-0.05, 0) is 24.3 Å². The average molecular weight is 326 g/mol. The van der Waals surface area contributed by atoms with Crippen LogP contribution < -0.4 is 0 Å². The van der Waals surface area contributed by atoms with E-state index < -0.39 is 11.7 Å². The topological polar surface area (TPSA) is 51.8 Å². The highest BCUT2D eigenvalue weighted by molar-refractivity contribution is 6.31. The normalized spacial score (nSPS) is 11.6. The first kappa shape index (κ1) is 14.5. The summed E-state index contributed by atoms with van der Waals surface area (Å²) in [5, 5.41) is 3.86. The van der Waals surface area contributed by atoms with Crippen LogP contribution >= 0.6 is 11.6 Å². The number of rotatable bonds is 2. The quantitative estimate of drug-likeness (QED) is 0.652. The van der Waals surface area contributed by atoms with Crippen LogP contribution in [0.15, 0.2) is 47.1 Å². The highest BCUT2D eigenvalue weighted by Crippen LogP contribution is 2.32. The molecule has 0 amide bonds. The molecule has 0 aliphatic heterocycles. The Balaban J connectivity index is 2.00. The van der Waals surface area contributed by atoms with Crippen LogP contribution in [0.4, 0.5) is 13.2 Å². The van der Waals surface area contributed by atoms with E-state index in [1.165, 1.54) is 18.3 Å². The van der Waals surface area contributed by atoms with Crippen LogP contribution in [0, 0.1) is 0 Å². The van der Waals surface area contributed by atoms with Gasteiger partial charge in [0.25, 0.3) is 5.89 Å². The molecule has 3 rings (SSSR count). The van der Waals surface area contributed by atoms with Crippen LogP contribution in [0.25, 0.3) is 22.8 Å². The Labute approximate surface area is 127 Å². The number of benzene rings is 1. The van der Waals surface area contributed by atoms with Crippen molar-refractivity contribution in [2.75, 3.05) is 0 Å². The van der Waals surface area contributed by atoms with Crippen molar-refractivity contribution in [3.63, 3.8) is 0 Å².